The van der Waals surface area contributed by atoms with Crippen LogP contribution in [-0.2, 0) is 0 Å². The lowest BCUT2D eigenvalue weighted by Crippen LogP contribution is -2.50. The van der Waals surface area contributed by atoms with Crippen molar-refractivity contribution in [3.63, 3.8) is 0 Å². The molecule has 21 heavy (non-hydrogen) atoms. The summed E-state index contributed by atoms with van der Waals surface area (Å²) in [5.74, 6) is 0.385. The number of carbonyl (C=O) groups is 1. The van der Waals surface area contributed by atoms with Crippen molar-refractivity contribution in [2.75, 3.05) is 13.1 Å². The molecule has 2 aromatic carbocycles. The van der Waals surface area contributed by atoms with Crippen molar-refractivity contribution in [2.45, 2.75) is 6.10 Å². The fraction of sp³-hybridized carbons (Fsp3) is 0.188. The highest BCUT2D eigenvalue weighted by Gasteiger charge is 2.22. The van der Waals surface area contributed by atoms with Crippen molar-refractivity contribution in [2.24, 2.45) is 0 Å². The zero-order chi connectivity index (χ0) is 14.8. The number of ketones is 1. The number of carbonyl (C=O) groups excluding carboxylic acids is 1. The van der Waals surface area contributed by atoms with E-state index in [9.17, 15) is 4.79 Å². The molecule has 0 bridgehead atoms. The van der Waals surface area contributed by atoms with Gasteiger partial charge in [-0.25, -0.2) is 0 Å². The summed E-state index contributed by atoms with van der Waals surface area (Å²) in [5, 5.41) is 4.19. The first-order valence-corrected chi connectivity index (χ1v) is 7.36. The molecule has 108 valence electrons. The first-order valence-electron chi connectivity index (χ1n) is 6.60. The van der Waals surface area contributed by atoms with Gasteiger partial charge in [-0.2, -0.15) is 0 Å². The lowest BCUT2D eigenvalue weighted by atomic mass is 10.0. The van der Waals surface area contributed by atoms with Gasteiger partial charge >= 0.3 is 0 Å². The predicted octanol–water partition coefficient (Wildman–Crippen LogP) is 3.58. The molecule has 0 spiro atoms. The molecule has 3 nitrogen and oxygen atoms in total. The summed E-state index contributed by atoms with van der Waals surface area (Å²) in [6.07, 6.45) is 0.0781. The van der Waals surface area contributed by atoms with E-state index in [4.69, 9.17) is 27.9 Å². The van der Waals surface area contributed by atoms with Crippen molar-refractivity contribution in [1.82, 2.24) is 5.32 Å². The third kappa shape index (κ3) is 3.21. The summed E-state index contributed by atoms with van der Waals surface area (Å²) >= 11 is 12.0. The zero-order valence-electron chi connectivity index (χ0n) is 11.1. The molecule has 0 unspecified atom stereocenters. The Balaban J connectivity index is 1.94. The second kappa shape index (κ2) is 6.06. The normalized spacial score (nSPS) is 14.6. The maximum absolute atomic E-state index is 12.6. The Labute approximate surface area is 132 Å². The van der Waals surface area contributed by atoms with Gasteiger partial charge in [-0.05, 0) is 30.3 Å². The Morgan fingerprint density at radius 1 is 1.10 bits per heavy atom. The molecule has 0 aliphatic carbocycles. The van der Waals surface area contributed by atoms with Gasteiger partial charge < -0.3 is 10.1 Å². The maximum Gasteiger partial charge on any atom is 0.196 e. The van der Waals surface area contributed by atoms with E-state index < -0.39 is 0 Å². The Morgan fingerprint density at radius 2 is 1.86 bits per heavy atom. The number of hydrogen-bond donors (Lipinski definition) is 1. The number of hydrogen-bond acceptors (Lipinski definition) is 3. The minimum atomic E-state index is -0.128. The van der Waals surface area contributed by atoms with E-state index >= 15 is 0 Å². The average molecular weight is 322 g/mol. The van der Waals surface area contributed by atoms with Gasteiger partial charge in [0.1, 0.15) is 11.9 Å². The molecule has 1 aliphatic heterocycles. The second-order valence-corrected chi connectivity index (χ2v) is 5.75. The number of benzene rings is 2. The third-order valence-corrected chi connectivity index (χ3v) is 3.78. The quantitative estimate of drug-likeness (QED) is 0.875. The van der Waals surface area contributed by atoms with Gasteiger partial charge in [0, 0.05) is 28.7 Å². The first kappa shape index (κ1) is 14.4. The summed E-state index contributed by atoms with van der Waals surface area (Å²) in [6.45, 7) is 1.55. The highest BCUT2D eigenvalue weighted by Crippen LogP contribution is 2.28. The van der Waals surface area contributed by atoms with Gasteiger partial charge in [-0.15, -0.1) is 0 Å². The van der Waals surface area contributed by atoms with Crippen LogP contribution in [-0.4, -0.2) is 25.0 Å². The summed E-state index contributed by atoms with van der Waals surface area (Å²) in [5.41, 5.74) is 1.02. The van der Waals surface area contributed by atoms with E-state index in [1.54, 1.807) is 42.5 Å². The van der Waals surface area contributed by atoms with Gasteiger partial charge in [-0.3, -0.25) is 4.79 Å². The fourth-order valence-electron chi connectivity index (χ4n) is 2.09. The number of ether oxygens (including phenoxy) is 1. The van der Waals surface area contributed by atoms with Crippen LogP contribution >= 0.6 is 23.2 Å². The molecule has 0 radical (unpaired) electrons. The van der Waals surface area contributed by atoms with Crippen molar-refractivity contribution in [1.29, 1.82) is 0 Å². The molecule has 5 heteroatoms. The fourth-order valence-corrected chi connectivity index (χ4v) is 2.44. The van der Waals surface area contributed by atoms with Gasteiger partial charge in [-0.1, -0.05) is 35.3 Å². The van der Waals surface area contributed by atoms with E-state index in [2.05, 4.69) is 5.32 Å². The summed E-state index contributed by atoms with van der Waals surface area (Å²) in [6, 6.07) is 11.9. The number of rotatable bonds is 4. The Morgan fingerprint density at radius 3 is 2.52 bits per heavy atom. The van der Waals surface area contributed by atoms with Crippen LogP contribution in [0.5, 0.6) is 5.75 Å². The molecule has 1 heterocycles. The Kier molecular flexibility index (Phi) is 4.15. The molecule has 0 atom stereocenters. The molecule has 1 saturated heterocycles. The first-order chi connectivity index (χ1) is 10.1. The molecule has 2 aromatic rings. The second-order valence-electron chi connectivity index (χ2n) is 4.88. The lowest BCUT2D eigenvalue weighted by molar-refractivity contribution is 0.102. The molecular formula is C16H13Cl2NO2. The van der Waals surface area contributed by atoms with Gasteiger partial charge in [0.2, 0.25) is 0 Å². The average Bonchev–Trinajstić information content (AvgIpc) is 2.42. The van der Waals surface area contributed by atoms with E-state index in [0.29, 0.717) is 26.9 Å². The summed E-state index contributed by atoms with van der Waals surface area (Å²) in [4.78, 5) is 12.6. The van der Waals surface area contributed by atoms with Crippen LogP contribution in [0.25, 0.3) is 0 Å². The van der Waals surface area contributed by atoms with Crippen LogP contribution < -0.4 is 10.1 Å². The van der Waals surface area contributed by atoms with E-state index in [1.807, 2.05) is 0 Å². The van der Waals surface area contributed by atoms with Gasteiger partial charge in [0.25, 0.3) is 0 Å². The lowest BCUT2D eigenvalue weighted by Gasteiger charge is -2.28. The topological polar surface area (TPSA) is 38.3 Å². The predicted molar refractivity (Wildman–Crippen MR) is 83.6 cm³/mol. The summed E-state index contributed by atoms with van der Waals surface area (Å²) < 4.78 is 5.83. The highest BCUT2D eigenvalue weighted by atomic mass is 35.5. The van der Waals surface area contributed by atoms with Gasteiger partial charge in [0.15, 0.2) is 5.78 Å². The molecule has 0 amide bonds. The molecule has 1 aliphatic rings. The monoisotopic (exact) mass is 321 g/mol. The molecule has 0 aromatic heterocycles. The zero-order valence-corrected chi connectivity index (χ0v) is 12.6. The smallest absolute Gasteiger partial charge is 0.196 e. The molecule has 1 fully saturated rings. The van der Waals surface area contributed by atoms with Crippen molar-refractivity contribution >= 4 is 29.0 Å². The minimum Gasteiger partial charge on any atom is -0.487 e. The van der Waals surface area contributed by atoms with Crippen LogP contribution in [0.1, 0.15) is 15.9 Å². The van der Waals surface area contributed by atoms with Crippen LogP contribution in [0.2, 0.25) is 10.0 Å². The van der Waals surface area contributed by atoms with Crippen LogP contribution in [0.15, 0.2) is 42.5 Å². The Bertz CT molecular complexity index is 684. The highest BCUT2D eigenvalue weighted by molar-refractivity contribution is 6.31. The summed E-state index contributed by atoms with van der Waals surface area (Å²) in [7, 11) is 0. The third-order valence-electron chi connectivity index (χ3n) is 3.31. The largest absolute Gasteiger partial charge is 0.487 e. The van der Waals surface area contributed by atoms with Crippen molar-refractivity contribution < 1.29 is 9.53 Å². The molecule has 1 N–H and O–H groups in total. The number of halogens is 2. The van der Waals surface area contributed by atoms with E-state index in [1.165, 1.54) is 0 Å². The maximum atomic E-state index is 12.6. The van der Waals surface area contributed by atoms with Crippen LogP contribution in [0, 0.1) is 0 Å². The standard InChI is InChI=1S/C16H13Cl2NO2/c17-11-3-1-2-10(6-11)16(20)14-5-4-12(18)7-15(14)21-13-8-19-9-13/h1-7,13,19H,8-9H2. The SMILES string of the molecule is O=C(c1cccc(Cl)c1)c1ccc(Cl)cc1OC1CNC1. The number of nitrogens with one attached hydrogen (secondary N) is 1. The Hall–Kier alpha value is -1.55. The molecule has 0 saturated carbocycles. The minimum absolute atomic E-state index is 0.0781. The van der Waals surface area contributed by atoms with Crippen LogP contribution in [0.4, 0.5) is 0 Å². The van der Waals surface area contributed by atoms with E-state index in [0.717, 1.165) is 13.1 Å². The van der Waals surface area contributed by atoms with Crippen LogP contribution in [0.3, 0.4) is 0 Å². The van der Waals surface area contributed by atoms with Crippen molar-refractivity contribution in [3.05, 3.63) is 63.6 Å². The van der Waals surface area contributed by atoms with Crippen molar-refractivity contribution in [3.8, 4) is 5.75 Å². The molecular weight excluding hydrogens is 309 g/mol. The van der Waals surface area contributed by atoms with E-state index in [-0.39, 0.29) is 11.9 Å². The van der Waals surface area contributed by atoms with Gasteiger partial charge in [0.05, 0.1) is 5.56 Å². The molecule has 3 rings (SSSR count).